The summed E-state index contributed by atoms with van der Waals surface area (Å²) in [4.78, 5) is 37.9. The van der Waals surface area contributed by atoms with Crippen molar-refractivity contribution < 1.29 is 28.6 Å². The van der Waals surface area contributed by atoms with Gasteiger partial charge >= 0.3 is 17.9 Å². The molecule has 0 aliphatic rings. The average Bonchev–Trinajstić information content (AvgIpc) is 3.26. The second-order valence-electron chi connectivity index (χ2n) is 16.7. The highest BCUT2D eigenvalue weighted by Gasteiger charge is 2.19. The topological polar surface area (TPSA) is 78.9 Å². The molecule has 0 bridgehead atoms. The fraction of sp³-hybridized carbons (Fsp3) is 0.727. The molecule has 0 radical (unpaired) electrons. The molecule has 61 heavy (non-hydrogen) atoms. The van der Waals surface area contributed by atoms with Crippen LogP contribution in [0, 0.1) is 0 Å². The Hall–Kier alpha value is -3.15. The van der Waals surface area contributed by atoms with Gasteiger partial charge in [0.15, 0.2) is 6.10 Å². The molecule has 0 fully saturated rings. The fourth-order valence-corrected chi connectivity index (χ4v) is 6.88. The van der Waals surface area contributed by atoms with E-state index < -0.39 is 6.10 Å². The maximum Gasteiger partial charge on any atom is 0.306 e. The molecule has 1 atom stereocenters. The van der Waals surface area contributed by atoms with Crippen LogP contribution >= 0.6 is 0 Å². The van der Waals surface area contributed by atoms with Gasteiger partial charge in [-0.05, 0) is 83.5 Å². The first kappa shape index (κ1) is 57.9. The SMILES string of the molecule is CC/C=C\C/C=C\C/C=C\CCCCCCCCC(=O)OC(COC(=O)CCC/C=C\C/C=C\C/C=C\CCCCCCCC)COC(=O)CCCCCCCCCCCC. The van der Waals surface area contributed by atoms with Gasteiger partial charge in [-0.2, -0.15) is 0 Å². The number of esters is 3. The summed E-state index contributed by atoms with van der Waals surface area (Å²) in [5, 5.41) is 0. The molecule has 0 aliphatic heterocycles. The van der Waals surface area contributed by atoms with E-state index >= 15 is 0 Å². The minimum atomic E-state index is -0.799. The zero-order valence-corrected chi connectivity index (χ0v) is 39.9. The Bertz CT molecular complexity index is 1160. The lowest BCUT2D eigenvalue weighted by Gasteiger charge is -2.18. The van der Waals surface area contributed by atoms with E-state index in [9.17, 15) is 14.4 Å². The molecule has 0 aromatic carbocycles. The third kappa shape index (κ3) is 47.7. The molecule has 0 spiro atoms. The molecule has 0 saturated carbocycles. The number of allylic oxidation sites excluding steroid dienone is 12. The lowest BCUT2D eigenvalue weighted by molar-refractivity contribution is -0.167. The Balaban J connectivity index is 4.45. The zero-order chi connectivity index (χ0) is 44.4. The van der Waals surface area contributed by atoms with E-state index in [0.717, 1.165) is 89.9 Å². The maximum absolute atomic E-state index is 12.8. The van der Waals surface area contributed by atoms with Crippen LogP contribution in [0.3, 0.4) is 0 Å². The van der Waals surface area contributed by atoms with Crippen LogP contribution in [-0.4, -0.2) is 37.2 Å². The molecule has 6 nitrogen and oxygen atoms in total. The summed E-state index contributed by atoms with van der Waals surface area (Å²) < 4.78 is 16.7. The van der Waals surface area contributed by atoms with E-state index in [-0.39, 0.29) is 37.5 Å². The minimum absolute atomic E-state index is 0.0954. The molecule has 1 unspecified atom stereocenters. The normalized spacial score (nSPS) is 12.6. The van der Waals surface area contributed by atoms with E-state index in [1.807, 2.05) is 0 Å². The number of ether oxygens (including phenoxy) is 3. The summed E-state index contributed by atoms with van der Waals surface area (Å²) in [5.41, 5.74) is 0. The molecule has 0 aliphatic carbocycles. The molecule has 6 heteroatoms. The molecular weight excluding hydrogens is 757 g/mol. The van der Waals surface area contributed by atoms with Crippen LogP contribution in [0.5, 0.6) is 0 Å². The predicted molar refractivity (Wildman–Crippen MR) is 261 cm³/mol. The van der Waals surface area contributed by atoms with Gasteiger partial charge in [-0.3, -0.25) is 14.4 Å². The van der Waals surface area contributed by atoms with Crippen LogP contribution in [0.25, 0.3) is 0 Å². The summed E-state index contributed by atoms with van der Waals surface area (Å²) in [7, 11) is 0. The lowest BCUT2D eigenvalue weighted by atomic mass is 10.1. The quantitative estimate of drug-likeness (QED) is 0.0263. The van der Waals surface area contributed by atoms with Crippen molar-refractivity contribution >= 4 is 17.9 Å². The second-order valence-corrected chi connectivity index (χ2v) is 16.7. The van der Waals surface area contributed by atoms with Crippen LogP contribution < -0.4 is 0 Å². The van der Waals surface area contributed by atoms with Gasteiger partial charge in [0.2, 0.25) is 0 Å². The molecule has 0 aromatic rings. The third-order valence-electron chi connectivity index (χ3n) is 10.7. The number of carbonyl (C=O) groups excluding carboxylic acids is 3. The molecule has 0 heterocycles. The summed E-state index contributed by atoms with van der Waals surface area (Å²) >= 11 is 0. The third-order valence-corrected chi connectivity index (χ3v) is 10.7. The highest BCUT2D eigenvalue weighted by atomic mass is 16.6. The van der Waals surface area contributed by atoms with E-state index in [2.05, 4.69) is 93.7 Å². The zero-order valence-electron chi connectivity index (χ0n) is 39.9. The molecule has 0 amide bonds. The van der Waals surface area contributed by atoms with Gasteiger partial charge in [0.1, 0.15) is 13.2 Å². The van der Waals surface area contributed by atoms with Crippen molar-refractivity contribution in [3.8, 4) is 0 Å². The first-order valence-corrected chi connectivity index (χ1v) is 25.4. The molecule has 350 valence electrons. The van der Waals surface area contributed by atoms with Crippen molar-refractivity contribution in [1.29, 1.82) is 0 Å². The molecule has 0 aromatic heterocycles. The molecular formula is C55H94O6. The minimum Gasteiger partial charge on any atom is -0.462 e. The Morgan fingerprint density at radius 3 is 1.07 bits per heavy atom. The van der Waals surface area contributed by atoms with Gasteiger partial charge in [0, 0.05) is 19.3 Å². The van der Waals surface area contributed by atoms with Gasteiger partial charge in [-0.15, -0.1) is 0 Å². The molecule has 0 rings (SSSR count). The molecule has 0 saturated heterocycles. The highest BCUT2D eigenvalue weighted by molar-refractivity contribution is 5.71. The summed E-state index contributed by atoms with van der Waals surface area (Å²) in [5.74, 6) is -0.964. The highest BCUT2D eigenvalue weighted by Crippen LogP contribution is 2.14. The first-order valence-electron chi connectivity index (χ1n) is 25.4. The predicted octanol–water partition coefficient (Wildman–Crippen LogP) is 16.6. The maximum atomic E-state index is 12.8. The van der Waals surface area contributed by atoms with Crippen molar-refractivity contribution in [1.82, 2.24) is 0 Å². The lowest BCUT2D eigenvalue weighted by Crippen LogP contribution is -2.30. The van der Waals surface area contributed by atoms with E-state index in [1.165, 1.54) is 103 Å². The Morgan fingerprint density at radius 1 is 0.344 bits per heavy atom. The van der Waals surface area contributed by atoms with Crippen molar-refractivity contribution in [2.75, 3.05) is 13.2 Å². The monoisotopic (exact) mass is 851 g/mol. The summed E-state index contributed by atoms with van der Waals surface area (Å²) in [6.07, 6.45) is 61.8. The Morgan fingerprint density at radius 2 is 0.656 bits per heavy atom. The van der Waals surface area contributed by atoms with E-state index in [1.54, 1.807) is 0 Å². The average molecular weight is 851 g/mol. The van der Waals surface area contributed by atoms with Crippen LogP contribution in [-0.2, 0) is 28.6 Å². The number of hydrogen-bond acceptors (Lipinski definition) is 6. The number of rotatable bonds is 45. The molecule has 0 N–H and O–H groups in total. The number of unbranched alkanes of at least 4 members (excludes halogenated alkanes) is 22. The van der Waals surface area contributed by atoms with E-state index in [0.29, 0.717) is 19.3 Å². The van der Waals surface area contributed by atoms with Crippen LogP contribution in [0.15, 0.2) is 72.9 Å². The fourth-order valence-electron chi connectivity index (χ4n) is 6.88. The van der Waals surface area contributed by atoms with E-state index in [4.69, 9.17) is 14.2 Å². The largest absolute Gasteiger partial charge is 0.462 e. The van der Waals surface area contributed by atoms with Crippen molar-refractivity contribution in [2.45, 2.75) is 245 Å². The van der Waals surface area contributed by atoms with Crippen molar-refractivity contribution in [3.05, 3.63) is 72.9 Å². The summed E-state index contributed by atoms with van der Waals surface area (Å²) in [6, 6.07) is 0. The second kappa shape index (κ2) is 49.5. The summed E-state index contributed by atoms with van der Waals surface area (Å²) in [6.45, 7) is 6.45. The van der Waals surface area contributed by atoms with Gasteiger partial charge in [0.25, 0.3) is 0 Å². The number of hydrogen-bond donors (Lipinski definition) is 0. The Labute approximate surface area is 376 Å². The standard InChI is InChI=1S/C55H94O6/c1-4-7-10-13-16-19-22-24-26-28-30-31-33-36-39-42-45-48-54(57)60-51-52(50-59-53(56)47-44-41-38-35-21-18-15-12-9-6-3)61-55(58)49-46-43-40-37-34-32-29-27-25-23-20-17-14-11-8-5-2/h8,11,17,20,24-27,30-31,36,39,52H,4-7,9-10,12-16,18-19,21-23,28-29,32-35,37-38,40-51H2,1-3H3/b11-8-,20-17-,26-24-,27-25-,31-30-,39-36-. The van der Waals surface area contributed by atoms with Gasteiger partial charge < -0.3 is 14.2 Å². The first-order chi connectivity index (χ1) is 30.0. The Kier molecular flexibility index (Phi) is 46.9. The van der Waals surface area contributed by atoms with Gasteiger partial charge in [-0.1, -0.05) is 209 Å². The number of carbonyl (C=O) groups is 3. The van der Waals surface area contributed by atoms with Crippen LogP contribution in [0.2, 0.25) is 0 Å². The smallest absolute Gasteiger partial charge is 0.306 e. The van der Waals surface area contributed by atoms with Gasteiger partial charge in [-0.25, -0.2) is 0 Å². The van der Waals surface area contributed by atoms with Gasteiger partial charge in [0.05, 0.1) is 0 Å². The van der Waals surface area contributed by atoms with Crippen molar-refractivity contribution in [2.24, 2.45) is 0 Å². The van der Waals surface area contributed by atoms with Crippen LogP contribution in [0.1, 0.15) is 239 Å². The van der Waals surface area contributed by atoms with Crippen LogP contribution in [0.4, 0.5) is 0 Å². The van der Waals surface area contributed by atoms with Crippen molar-refractivity contribution in [3.63, 3.8) is 0 Å².